The van der Waals surface area contributed by atoms with Crippen molar-refractivity contribution in [3.05, 3.63) is 65.3 Å². The van der Waals surface area contributed by atoms with Crippen LogP contribution < -0.4 is 4.90 Å². The minimum absolute atomic E-state index is 0.0712. The largest absolute Gasteiger partial charge is 0.348 e. The first-order chi connectivity index (χ1) is 13.4. The van der Waals surface area contributed by atoms with Crippen LogP contribution in [0.2, 0.25) is 0 Å². The molecule has 0 unspecified atom stereocenters. The first-order valence-electron chi connectivity index (χ1n) is 9.20. The van der Waals surface area contributed by atoms with E-state index in [0.29, 0.717) is 25.9 Å². The van der Waals surface area contributed by atoms with Gasteiger partial charge in [0.2, 0.25) is 0 Å². The smallest absolute Gasteiger partial charge is 0.185 e. The second-order valence-corrected chi connectivity index (χ2v) is 10.1. The Kier molecular flexibility index (Phi) is 5.21. The molecular weight excluding hydrogens is 395 g/mol. The molecule has 0 N–H and O–H groups in total. The summed E-state index contributed by atoms with van der Waals surface area (Å²) in [4.78, 5) is 6.95. The van der Waals surface area contributed by atoms with E-state index in [1.54, 1.807) is 11.3 Å². The highest BCUT2D eigenvalue weighted by atomic mass is 32.2. The molecular formula is C21H21FN2O2S2. The standard InChI is InChI=1S/C21H21FN2O2S2/c1-15-5-7-16(8-6-15)20-14-27-21(23-20)24-11-9-18(10-12-24)28(25,26)19-4-2-3-17(22)13-19/h2-8,13-14,18H,9-12H2,1H3. The second-order valence-electron chi connectivity index (χ2n) is 7.07. The summed E-state index contributed by atoms with van der Waals surface area (Å²) in [5, 5.41) is 2.47. The quantitative estimate of drug-likeness (QED) is 0.619. The van der Waals surface area contributed by atoms with Gasteiger partial charge in [-0.1, -0.05) is 35.9 Å². The van der Waals surface area contributed by atoms with E-state index in [2.05, 4.69) is 36.1 Å². The molecule has 4 rings (SSSR count). The van der Waals surface area contributed by atoms with E-state index in [4.69, 9.17) is 4.98 Å². The Morgan fingerprint density at radius 2 is 1.82 bits per heavy atom. The second kappa shape index (κ2) is 7.64. The molecule has 28 heavy (non-hydrogen) atoms. The third kappa shape index (κ3) is 3.82. The lowest BCUT2D eigenvalue weighted by Crippen LogP contribution is -2.39. The molecule has 146 valence electrons. The van der Waals surface area contributed by atoms with Crippen molar-refractivity contribution >= 4 is 26.3 Å². The zero-order valence-corrected chi connectivity index (χ0v) is 17.1. The Labute approximate surface area is 168 Å². The van der Waals surface area contributed by atoms with Crippen molar-refractivity contribution in [2.75, 3.05) is 18.0 Å². The van der Waals surface area contributed by atoms with Gasteiger partial charge in [-0.25, -0.2) is 17.8 Å². The third-order valence-electron chi connectivity index (χ3n) is 5.12. The fourth-order valence-corrected chi connectivity index (χ4v) is 6.11. The summed E-state index contributed by atoms with van der Waals surface area (Å²) in [6.45, 7) is 3.30. The van der Waals surface area contributed by atoms with Gasteiger partial charge in [-0.05, 0) is 38.0 Å². The van der Waals surface area contributed by atoms with E-state index in [1.807, 2.05) is 5.38 Å². The number of thiazole rings is 1. The minimum atomic E-state index is -3.52. The summed E-state index contributed by atoms with van der Waals surface area (Å²) in [5.74, 6) is -0.523. The van der Waals surface area contributed by atoms with Crippen LogP contribution in [-0.4, -0.2) is 31.7 Å². The van der Waals surface area contributed by atoms with Gasteiger partial charge in [-0.3, -0.25) is 0 Å². The summed E-state index contributed by atoms with van der Waals surface area (Å²) in [7, 11) is -3.52. The van der Waals surface area contributed by atoms with Gasteiger partial charge in [0, 0.05) is 24.0 Å². The highest BCUT2D eigenvalue weighted by Gasteiger charge is 2.32. The number of nitrogens with zero attached hydrogens (tertiary/aromatic N) is 2. The number of halogens is 1. The SMILES string of the molecule is Cc1ccc(-c2csc(N3CCC(S(=O)(=O)c4cccc(F)c4)CC3)n2)cc1. The Morgan fingerprint density at radius 1 is 1.11 bits per heavy atom. The number of sulfone groups is 1. The summed E-state index contributed by atoms with van der Waals surface area (Å²) in [5.41, 5.74) is 3.23. The summed E-state index contributed by atoms with van der Waals surface area (Å²) in [6, 6.07) is 13.5. The Morgan fingerprint density at radius 3 is 2.50 bits per heavy atom. The zero-order chi connectivity index (χ0) is 19.7. The Bertz CT molecular complexity index is 1070. The molecule has 2 aromatic carbocycles. The number of hydrogen-bond acceptors (Lipinski definition) is 5. The average Bonchev–Trinajstić information content (AvgIpc) is 3.19. The molecule has 0 atom stereocenters. The molecule has 1 aliphatic rings. The van der Waals surface area contributed by atoms with E-state index in [1.165, 1.54) is 23.8 Å². The number of rotatable bonds is 4. The molecule has 0 radical (unpaired) electrons. The number of benzene rings is 2. The van der Waals surface area contributed by atoms with Gasteiger partial charge in [-0.15, -0.1) is 11.3 Å². The molecule has 1 aromatic heterocycles. The summed E-state index contributed by atoms with van der Waals surface area (Å²) >= 11 is 1.58. The van der Waals surface area contributed by atoms with E-state index in [-0.39, 0.29) is 4.90 Å². The minimum Gasteiger partial charge on any atom is -0.348 e. The number of aromatic nitrogens is 1. The van der Waals surface area contributed by atoms with Gasteiger partial charge in [0.1, 0.15) is 5.82 Å². The molecule has 0 spiro atoms. The zero-order valence-electron chi connectivity index (χ0n) is 15.5. The number of hydrogen-bond donors (Lipinski definition) is 0. The van der Waals surface area contributed by atoms with Crippen molar-refractivity contribution in [3.63, 3.8) is 0 Å². The van der Waals surface area contributed by atoms with Crippen molar-refractivity contribution in [1.29, 1.82) is 0 Å². The molecule has 0 aliphatic carbocycles. The predicted molar refractivity (Wildman–Crippen MR) is 111 cm³/mol. The third-order valence-corrected chi connectivity index (χ3v) is 8.28. The molecule has 1 aliphatic heterocycles. The summed E-state index contributed by atoms with van der Waals surface area (Å²) < 4.78 is 39.0. The number of piperidine rings is 1. The van der Waals surface area contributed by atoms with Crippen LogP contribution in [0.5, 0.6) is 0 Å². The van der Waals surface area contributed by atoms with Gasteiger partial charge < -0.3 is 4.90 Å². The average molecular weight is 417 g/mol. The van der Waals surface area contributed by atoms with Crippen LogP contribution in [0, 0.1) is 12.7 Å². The first-order valence-corrected chi connectivity index (χ1v) is 11.6. The van der Waals surface area contributed by atoms with Crippen LogP contribution in [0.3, 0.4) is 0 Å². The lowest BCUT2D eigenvalue weighted by molar-refractivity contribution is 0.528. The lowest BCUT2D eigenvalue weighted by atomic mass is 10.1. The Hall–Kier alpha value is -2.25. The molecule has 4 nitrogen and oxygen atoms in total. The van der Waals surface area contributed by atoms with Crippen LogP contribution in [0.15, 0.2) is 58.8 Å². The van der Waals surface area contributed by atoms with Crippen molar-refractivity contribution in [2.45, 2.75) is 29.9 Å². The van der Waals surface area contributed by atoms with Crippen LogP contribution in [-0.2, 0) is 9.84 Å². The van der Waals surface area contributed by atoms with Crippen LogP contribution in [0.1, 0.15) is 18.4 Å². The fraction of sp³-hybridized carbons (Fsp3) is 0.286. The topological polar surface area (TPSA) is 50.3 Å². The molecule has 2 heterocycles. The normalized spacial score (nSPS) is 15.7. The van der Waals surface area contributed by atoms with E-state index in [9.17, 15) is 12.8 Å². The maximum absolute atomic E-state index is 13.4. The van der Waals surface area contributed by atoms with Crippen molar-refractivity contribution in [1.82, 2.24) is 4.98 Å². The fourth-order valence-electron chi connectivity index (χ4n) is 3.46. The van der Waals surface area contributed by atoms with E-state index >= 15 is 0 Å². The highest BCUT2D eigenvalue weighted by molar-refractivity contribution is 7.92. The maximum atomic E-state index is 13.4. The van der Waals surface area contributed by atoms with Gasteiger partial charge in [0.25, 0.3) is 0 Å². The first kappa shape index (κ1) is 19.1. The molecule has 0 bridgehead atoms. The molecule has 3 aromatic rings. The molecule has 1 fully saturated rings. The Balaban J connectivity index is 1.45. The van der Waals surface area contributed by atoms with Crippen LogP contribution in [0.25, 0.3) is 11.3 Å². The summed E-state index contributed by atoms with van der Waals surface area (Å²) in [6.07, 6.45) is 1.02. The van der Waals surface area contributed by atoms with Crippen molar-refractivity contribution in [2.24, 2.45) is 0 Å². The van der Waals surface area contributed by atoms with E-state index < -0.39 is 20.9 Å². The van der Waals surface area contributed by atoms with Crippen molar-refractivity contribution in [3.8, 4) is 11.3 Å². The molecule has 0 saturated carbocycles. The van der Waals surface area contributed by atoms with Gasteiger partial charge in [0.15, 0.2) is 15.0 Å². The molecule has 1 saturated heterocycles. The number of aryl methyl sites for hydroxylation is 1. The predicted octanol–water partition coefficient (Wildman–Crippen LogP) is 4.70. The monoisotopic (exact) mass is 416 g/mol. The van der Waals surface area contributed by atoms with Crippen molar-refractivity contribution < 1.29 is 12.8 Å². The lowest BCUT2D eigenvalue weighted by Gasteiger charge is -2.31. The van der Waals surface area contributed by atoms with Gasteiger partial charge in [0.05, 0.1) is 15.8 Å². The highest BCUT2D eigenvalue weighted by Crippen LogP contribution is 2.31. The maximum Gasteiger partial charge on any atom is 0.185 e. The van der Waals surface area contributed by atoms with Crippen LogP contribution >= 0.6 is 11.3 Å². The number of anilines is 1. The molecule has 0 amide bonds. The van der Waals surface area contributed by atoms with Gasteiger partial charge >= 0.3 is 0 Å². The van der Waals surface area contributed by atoms with Crippen LogP contribution in [0.4, 0.5) is 9.52 Å². The van der Waals surface area contributed by atoms with Gasteiger partial charge in [-0.2, -0.15) is 0 Å². The molecule has 7 heteroatoms. The van der Waals surface area contributed by atoms with E-state index in [0.717, 1.165) is 22.5 Å².